The summed E-state index contributed by atoms with van der Waals surface area (Å²) in [5, 5.41) is 19.2. The number of hydrogen-bond donors (Lipinski definition) is 0. The lowest BCUT2D eigenvalue weighted by Crippen LogP contribution is -2.39. The Morgan fingerprint density at radius 3 is 2.94 bits per heavy atom. The summed E-state index contributed by atoms with van der Waals surface area (Å²) >= 11 is 0. The Morgan fingerprint density at radius 2 is 2.33 bits per heavy atom. The number of nitro groups is 1. The topological polar surface area (TPSA) is 96.5 Å². The lowest BCUT2D eigenvalue weighted by atomic mass is 10.2. The Hall–Kier alpha value is -2.69. The summed E-state index contributed by atoms with van der Waals surface area (Å²) in [6.45, 7) is -0.607. The van der Waals surface area contributed by atoms with Gasteiger partial charge in [0.15, 0.2) is 6.61 Å². The van der Waals surface area contributed by atoms with Crippen molar-refractivity contribution in [3.8, 4) is 11.8 Å². The molecule has 0 spiro atoms. The van der Waals surface area contributed by atoms with Crippen LogP contribution in [-0.4, -0.2) is 24.0 Å². The van der Waals surface area contributed by atoms with Crippen molar-refractivity contribution in [3.63, 3.8) is 0 Å². The third-order valence-electron chi connectivity index (χ3n) is 2.40. The largest absolute Gasteiger partial charge is 0.481 e. The monoisotopic (exact) mass is 251 g/mol. The van der Waals surface area contributed by atoms with Crippen LogP contribution in [0.1, 0.15) is 0 Å². The number of nitriles is 1. The quantitative estimate of drug-likeness (QED) is 0.443. The number of nitrogens with zero attached hydrogens (tertiary/aromatic N) is 3. The van der Waals surface area contributed by atoms with E-state index in [1.807, 2.05) is 0 Å². The number of anilines is 1. The van der Waals surface area contributed by atoms with Crippen LogP contribution in [0.4, 0.5) is 15.8 Å². The zero-order valence-electron chi connectivity index (χ0n) is 8.92. The molecule has 7 nitrogen and oxygen atoms in total. The fraction of sp³-hybridized carbons (Fsp3) is 0.200. The summed E-state index contributed by atoms with van der Waals surface area (Å²) in [6, 6.07) is 3.48. The SMILES string of the molecule is N#CCN1C(=O)COc2cc(F)c([N+](=O)[O-])cc21. The van der Waals surface area contributed by atoms with Crippen LogP contribution in [0.3, 0.4) is 0 Å². The molecule has 0 aliphatic carbocycles. The fourth-order valence-electron chi connectivity index (χ4n) is 1.59. The van der Waals surface area contributed by atoms with Gasteiger partial charge in [-0.1, -0.05) is 0 Å². The second-order valence-electron chi connectivity index (χ2n) is 3.46. The Kier molecular flexibility index (Phi) is 2.81. The molecule has 0 saturated heterocycles. The highest BCUT2D eigenvalue weighted by atomic mass is 19.1. The maximum atomic E-state index is 13.3. The molecule has 0 saturated carbocycles. The third-order valence-corrected chi connectivity index (χ3v) is 2.40. The van der Waals surface area contributed by atoms with E-state index in [0.29, 0.717) is 0 Å². The maximum Gasteiger partial charge on any atom is 0.307 e. The van der Waals surface area contributed by atoms with E-state index in [9.17, 15) is 19.3 Å². The van der Waals surface area contributed by atoms with Gasteiger partial charge in [-0.3, -0.25) is 19.8 Å². The van der Waals surface area contributed by atoms with Gasteiger partial charge in [0, 0.05) is 12.1 Å². The predicted molar refractivity (Wildman–Crippen MR) is 56.5 cm³/mol. The van der Waals surface area contributed by atoms with Gasteiger partial charge in [0.2, 0.25) is 5.82 Å². The van der Waals surface area contributed by atoms with Crippen LogP contribution < -0.4 is 9.64 Å². The maximum absolute atomic E-state index is 13.3. The number of carbonyl (C=O) groups excluding carboxylic acids is 1. The summed E-state index contributed by atoms with van der Waals surface area (Å²) in [7, 11) is 0. The zero-order chi connectivity index (χ0) is 13.3. The van der Waals surface area contributed by atoms with Crippen LogP contribution in [-0.2, 0) is 4.79 Å². The molecule has 0 atom stereocenters. The van der Waals surface area contributed by atoms with E-state index in [1.54, 1.807) is 6.07 Å². The highest BCUT2D eigenvalue weighted by Crippen LogP contribution is 2.36. The van der Waals surface area contributed by atoms with Crippen LogP contribution in [0.25, 0.3) is 0 Å². The van der Waals surface area contributed by atoms with Crippen molar-refractivity contribution in [1.82, 2.24) is 0 Å². The molecule has 8 heteroatoms. The van der Waals surface area contributed by atoms with Crippen LogP contribution in [0.15, 0.2) is 12.1 Å². The van der Waals surface area contributed by atoms with Crippen molar-refractivity contribution in [3.05, 3.63) is 28.1 Å². The van der Waals surface area contributed by atoms with Crippen LogP contribution in [0.5, 0.6) is 5.75 Å². The normalized spacial score (nSPS) is 13.6. The summed E-state index contributed by atoms with van der Waals surface area (Å²) in [6.07, 6.45) is 0. The predicted octanol–water partition coefficient (Wildman–Crippen LogP) is 0.983. The fourth-order valence-corrected chi connectivity index (χ4v) is 1.59. The van der Waals surface area contributed by atoms with Gasteiger partial charge in [0.1, 0.15) is 12.3 Å². The Bertz CT molecular complexity index is 581. The molecule has 0 fully saturated rings. The van der Waals surface area contributed by atoms with Crippen molar-refractivity contribution in [2.45, 2.75) is 0 Å². The number of benzene rings is 1. The van der Waals surface area contributed by atoms with E-state index in [-0.39, 0.29) is 24.6 Å². The number of amides is 1. The van der Waals surface area contributed by atoms with Gasteiger partial charge < -0.3 is 4.74 Å². The van der Waals surface area contributed by atoms with E-state index in [2.05, 4.69) is 0 Å². The van der Waals surface area contributed by atoms with Crippen molar-refractivity contribution in [2.75, 3.05) is 18.1 Å². The number of rotatable bonds is 2. The molecule has 1 amide bonds. The van der Waals surface area contributed by atoms with Gasteiger partial charge in [-0.25, -0.2) is 0 Å². The van der Waals surface area contributed by atoms with Gasteiger partial charge in [-0.15, -0.1) is 0 Å². The van der Waals surface area contributed by atoms with Crippen molar-refractivity contribution in [1.29, 1.82) is 5.26 Å². The minimum atomic E-state index is -1.05. The molecular formula is C10H6FN3O4. The van der Waals surface area contributed by atoms with Gasteiger partial charge in [-0.2, -0.15) is 9.65 Å². The molecule has 1 heterocycles. The van der Waals surface area contributed by atoms with E-state index >= 15 is 0 Å². The highest BCUT2D eigenvalue weighted by molar-refractivity contribution is 5.98. The van der Waals surface area contributed by atoms with Gasteiger partial charge in [-0.05, 0) is 0 Å². The number of hydrogen-bond acceptors (Lipinski definition) is 5. The van der Waals surface area contributed by atoms with Crippen LogP contribution in [0, 0.1) is 27.3 Å². The highest BCUT2D eigenvalue weighted by Gasteiger charge is 2.29. The van der Waals surface area contributed by atoms with Crippen molar-refractivity contribution < 1.29 is 18.8 Å². The molecule has 18 heavy (non-hydrogen) atoms. The molecule has 0 unspecified atom stereocenters. The number of nitro benzene ring substituents is 1. The Labute approximate surface area is 100 Å². The minimum Gasteiger partial charge on any atom is -0.481 e. The van der Waals surface area contributed by atoms with Gasteiger partial charge in [0.05, 0.1) is 16.7 Å². The second-order valence-corrected chi connectivity index (χ2v) is 3.46. The first-order valence-corrected chi connectivity index (χ1v) is 4.82. The number of ether oxygens (including phenoxy) is 1. The van der Waals surface area contributed by atoms with Crippen molar-refractivity contribution >= 4 is 17.3 Å². The molecule has 92 valence electrons. The number of fused-ring (bicyclic) bond motifs is 1. The average Bonchev–Trinajstić information content (AvgIpc) is 2.32. The molecule has 1 aromatic rings. The summed E-state index contributed by atoms with van der Waals surface area (Å²) in [5.74, 6) is -1.55. The Balaban J connectivity index is 2.57. The van der Waals surface area contributed by atoms with Crippen molar-refractivity contribution in [2.24, 2.45) is 0 Å². The van der Waals surface area contributed by atoms with Gasteiger partial charge >= 0.3 is 5.69 Å². The van der Waals surface area contributed by atoms with E-state index in [0.717, 1.165) is 17.0 Å². The first-order chi connectivity index (χ1) is 8.54. The molecule has 0 radical (unpaired) electrons. The minimum absolute atomic E-state index is 0.00736. The lowest BCUT2D eigenvalue weighted by molar-refractivity contribution is -0.387. The Morgan fingerprint density at radius 1 is 1.61 bits per heavy atom. The molecule has 1 aliphatic rings. The lowest BCUT2D eigenvalue weighted by Gasteiger charge is -2.27. The third kappa shape index (κ3) is 1.82. The first-order valence-electron chi connectivity index (χ1n) is 4.82. The molecular weight excluding hydrogens is 245 g/mol. The molecule has 1 aliphatic heterocycles. The molecule has 0 N–H and O–H groups in total. The summed E-state index contributed by atoms with van der Waals surface area (Å²) < 4.78 is 18.3. The summed E-state index contributed by atoms with van der Waals surface area (Å²) in [5.41, 5.74) is -0.740. The van der Waals surface area contributed by atoms with Crippen LogP contribution >= 0.6 is 0 Å². The van der Waals surface area contributed by atoms with Crippen LogP contribution in [0.2, 0.25) is 0 Å². The van der Waals surface area contributed by atoms with E-state index in [1.165, 1.54) is 0 Å². The van der Waals surface area contributed by atoms with E-state index < -0.39 is 22.3 Å². The number of carbonyl (C=O) groups is 1. The smallest absolute Gasteiger partial charge is 0.307 e. The first kappa shape index (κ1) is 11.8. The summed E-state index contributed by atoms with van der Waals surface area (Å²) in [4.78, 5) is 22.2. The average molecular weight is 251 g/mol. The number of halogens is 1. The molecule has 0 aromatic heterocycles. The molecule has 1 aromatic carbocycles. The molecule has 0 bridgehead atoms. The zero-order valence-corrected chi connectivity index (χ0v) is 8.92. The van der Waals surface area contributed by atoms with Gasteiger partial charge in [0.25, 0.3) is 5.91 Å². The molecule has 2 rings (SSSR count). The van der Waals surface area contributed by atoms with E-state index in [4.69, 9.17) is 10.00 Å². The standard InChI is InChI=1S/C10H6FN3O4/c11-6-3-9-8(4-7(6)14(16)17)13(2-1-12)10(15)5-18-9/h3-4H,2,5H2. The second kappa shape index (κ2) is 4.29.